The molecule has 1 amide bonds. The van der Waals surface area contributed by atoms with E-state index >= 15 is 0 Å². The van der Waals surface area contributed by atoms with Crippen molar-refractivity contribution in [3.8, 4) is 0 Å². The molecular weight excluding hydrogens is 264 g/mol. The quantitative estimate of drug-likeness (QED) is 0.426. The van der Waals surface area contributed by atoms with Crippen molar-refractivity contribution in [2.24, 2.45) is 16.6 Å². The molecule has 1 aromatic rings. The second kappa shape index (κ2) is 7.11. The third kappa shape index (κ3) is 5.10. The number of rotatable bonds is 6. The van der Waals surface area contributed by atoms with Gasteiger partial charge in [-0.25, -0.2) is 0 Å². The first-order valence-electron chi connectivity index (χ1n) is 7.51. The Labute approximate surface area is 126 Å². The fraction of sp³-hybridized carbons (Fsp3) is 0.500. The number of nitrogens with one attached hydrogen (secondary N) is 2. The second-order valence-electron chi connectivity index (χ2n) is 5.74. The van der Waals surface area contributed by atoms with E-state index in [4.69, 9.17) is 5.73 Å². The number of carbonyl (C=O) groups is 1. The van der Waals surface area contributed by atoms with Crippen molar-refractivity contribution in [2.75, 3.05) is 18.4 Å². The van der Waals surface area contributed by atoms with Crippen LogP contribution in [0.1, 0.15) is 38.2 Å². The van der Waals surface area contributed by atoms with E-state index in [9.17, 15) is 4.79 Å². The van der Waals surface area contributed by atoms with Crippen molar-refractivity contribution in [1.82, 2.24) is 5.32 Å². The summed E-state index contributed by atoms with van der Waals surface area (Å²) in [5, 5.41) is 5.93. The lowest BCUT2D eigenvalue weighted by Gasteiger charge is -2.10. The van der Waals surface area contributed by atoms with E-state index < -0.39 is 0 Å². The summed E-state index contributed by atoms with van der Waals surface area (Å²) in [5.74, 6) is 1.23. The van der Waals surface area contributed by atoms with E-state index in [0.29, 0.717) is 25.0 Å². The van der Waals surface area contributed by atoms with Crippen molar-refractivity contribution in [3.63, 3.8) is 0 Å². The Bertz CT molecular complexity index is 521. The highest BCUT2D eigenvalue weighted by atomic mass is 16.2. The first kappa shape index (κ1) is 15.4. The van der Waals surface area contributed by atoms with E-state index in [1.165, 1.54) is 5.56 Å². The average Bonchev–Trinajstić information content (AvgIpc) is 3.28. The smallest absolute Gasteiger partial charge is 0.223 e. The summed E-state index contributed by atoms with van der Waals surface area (Å²) in [6.07, 6.45) is 2.04. The molecule has 0 spiro atoms. The van der Waals surface area contributed by atoms with Crippen LogP contribution in [-0.2, 0) is 4.79 Å². The zero-order chi connectivity index (χ0) is 15.2. The highest BCUT2D eigenvalue weighted by Crippen LogP contribution is 2.28. The molecule has 1 saturated carbocycles. The van der Waals surface area contributed by atoms with Crippen LogP contribution in [-0.4, -0.2) is 25.0 Å². The fourth-order valence-corrected chi connectivity index (χ4v) is 2.01. The Balaban J connectivity index is 1.77. The van der Waals surface area contributed by atoms with Crippen molar-refractivity contribution in [1.29, 1.82) is 0 Å². The van der Waals surface area contributed by atoms with E-state index in [2.05, 4.69) is 41.6 Å². The van der Waals surface area contributed by atoms with Crippen molar-refractivity contribution in [2.45, 2.75) is 32.6 Å². The lowest BCUT2D eigenvalue weighted by atomic mass is 10.0. The van der Waals surface area contributed by atoms with Crippen LogP contribution < -0.4 is 16.4 Å². The molecule has 1 fully saturated rings. The standard InChI is InChI=1S/C16H24N4O/c1-11(2)13-4-3-5-14(10-13)20-16(17)19-9-8-18-15(21)12-6-7-12/h3-5,10-12H,6-9H2,1-2H3,(H,18,21)(H3,17,19,20). The number of amides is 1. The Morgan fingerprint density at radius 2 is 2.19 bits per heavy atom. The molecule has 0 saturated heterocycles. The molecule has 1 aromatic carbocycles. The normalized spacial score (nSPS) is 15.1. The van der Waals surface area contributed by atoms with E-state index in [1.807, 2.05) is 12.1 Å². The van der Waals surface area contributed by atoms with E-state index in [1.54, 1.807) is 0 Å². The number of nitrogens with two attached hydrogens (primary N) is 1. The van der Waals surface area contributed by atoms with Gasteiger partial charge in [-0.05, 0) is 36.5 Å². The number of nitrogens with zero attached hydrogens (tertiary/aromatic N) is 1. The van der Waals surface area contributed by atoms with Crippen molar-refractivity contribution < 1.29 is 4.79 Å². The zero-order valence-electron chi connectivity index (χ0n) is 12.7. The van der Waals surface area contributed by atoms with Gasteiger partial charge in [-0.3, -0.25) is 9.79 Å². The number of anilines is 1. The summed E-state index contributed by atoms with van der Waals surface area (Å²) in [6, 6.07) is 8.13. The number of benzene rings is 1. The number of hydrogen-bond acceptors (Lipinski definition) is 2. The molecule has 5 nitrogen and oxygen atoms in total. The summed E-state index contributed by atoms with van der Waals surface area (Å²) in [5.41, 5.74) is 8.04. The van der Waals surface area contributed by atoms with E-state index in [-0.39, 0.29) is 11.8 Å². The monoisotopic (exact) mass is 288 g/mol. The Morgan fingerprint density at radius 1 is 1.43 bits per heavy atom. The van der Waals surface area contributed by atoms with Gasteiger partial charge in [0.05, 0.1) is 6.54 Å². The molecule has 5 heteroatoms. The average molecular weight is 288 g/mol. The molecule has 0 aromatic heterocycles. The number of hydrogen-bond donors (Lipinski definition) is 3. The summed E-state index contributed by atoms with van der Waals surface area (Å²) in [7, 11) is 0. The maximum absolute atomic E-state index is 11.4. The number of aliphatic imine (C=N–C) groups is 1. The lowest BCUT2D eigenvalue weighted by Crippen LogP contribution is -2.29. The minimum atomic E-state index is 0.140. The predicted octanol–water partition coefficient (Wildman–Crippen LogP) is 2.06. The number of carbonyl (C=O) groups excluding carboxylic acids is 1. The molecule has 21 heavy (non-hydrogen) atoms. The molecule has 1 aliphatic carbocycles. The minimum absolute atomic E-state index is 0.140. The van der Waals surface area contributed by atoms with Crippen molar-refractivity contribution in [3.05, 3.63) is 29.8 Å². The van der Waals surface area contributed by atoms with Crippen LogP contribution in [0.4, 0.5) is 5.69 Å². The largest absolute Gasteiger partial charge is 0.370 e. The molecule has 0 bridgehead atoms. The molecule has 114 valence electrons. The fourth-order valence-electron chi connectivity index (χ4n) is 2.01. The van der Waals surface area contributed by atoms with Crippen LogP contribution >= 0.6 is 0 Å². The van der Waals surface area contributed by atoms with Crippen LogP contribution in [0.15, 0.2) is 29.3 Å². The van der Waals surface area contributed by atoms with Crippen LogP contribution in [0.25, 0.3) is 0 Å². The SMILES string of the molecule is CC(C)c1cccc(NC(N)=NCCNC(=O)C2CC2)c1. The predicted molar refractivity (Wildman–Crippen MR) is 86.4 cm³/mol. The highest BCUT2D eigenvalue weighted by molar-refractivity contribution is 5.92. The molecule has 0 heterocycles. The van der Waals surface area contributed by atoms with Gasteiger partial charge in [-0.1, -0.05) is 26.0 Å². The van der Waals surface area contributed by atoms with Crippen molar-refractivity contribution >= 4 is 17.6 Å². The molecule has 0 unspecified atom stereocenters. The second-order valence-corrected chi connectivity index (χ2v) is 5.74. The van der Waals surface area contributed by atoms with Crippen LogP contribution in [0.5, 0.6) is 0 Å². The van der Waals surface area contributed by atoms with Crippen LogP contribution in [0, 0.1) is 5.92 Å². The molecule has 1 aliphatic rings. The van der Waals surface area contributed by atoms with E-state index in [0.717, 1.165) is 18.5 Å². The van der Waals surface area contributed by atoms with Gasteiger partial charge in [0.15, 0.2) is 5.96 Å². The first-order valence-corrected chi connectivity index (χ1v) is 7.51. The van der Waals surface area contributed by atoms with Gasteiger partial charge in [-0.2, -0.15) is 0 Å². The molecule has 4 N–H and O–H groups in total. The summed E-state index contributed by atoms with van der Waals surface area (Å²) in [4.78, 5) is 15.7. The molecule has 0 atom stereocenters. The number of guanidine groups is 1. The Hall–Kier alpha value is -2.04. The van der Waals surface area contributed by atoms with Gasteiger partial charge in [0.1, 0.15) is 0 Å². The molecule has 0 aliphatic heterocycles. The summed E-state index contributed by atoms with van der Waals surface area (Å²) < 4.78 is 0. The highest BCUT2D eigenvalue weighted by Gasteiger charge is 2.28. The Morgan fingerprint density at radius 3 is 2.86 bits per heavy atom. The maximum Gasteiger partial charge on any atom is 0.223 e. The van der Waals surface area contributed by atoms with Gasteiger partial charge in [0.2, 0.25) is 5.91 Å². The van der Waals surface area contributed by atoms with Gasteiger partial charge >= 0.3 is 0 Å². The Kier molecular flexibility index (Phi) is 5.20. The topological polar surface area (TPSA) is 79.5 Å². The molecular formula is C16H24N4O. The van der Waals surface area contributed by atoms with Gasteiger partial charge in [-0.15, -0.1) is 0 Å². The van der Waals surface area contributed by atoms with Crippen LogP contribution in [0.2, 0.25) is 0 Å². The summed E-state index contributed by atoms with van der Waals surface area (Å²) >= 11 is 0. The molecule has 2 rings (SSSR count). The first-order chi connectivity index (χ1) is 10.1. The van der Waals surface area contributed by atoms with Gasteiger partial charge in [0, 0.05) is 18.2 Å². The zero-order valence-corrected chi connectivity index (χ0v) is 12.7. The molecule has 0 radical (unpaired) electrons. The third-order valence-electron chi connectivity index (χ3n) is 3.47. The lowest BCUT2D eigenvalue weighted by molar-refractivity contribution is -0.122. The van der Waals surface area contributed by atoms with Gasteiger partial charge in [0.25, 0.3) is 0 Å². The van der Waals surface area contributed by atoms with Crippen LogP contribution in [0.3, 0.4) is 0 Å². The maximum atomic E-state index is 11.4. The third-order valence-corrected chi connectivity index (χ3v) is 3.47. The minimum Gasteiger partial charge on any atom is -0.370 e. The van der Waals surface area contributed by atoms with Gasteiger partial charge < -0.3 is 16.4 Å². The summed E-state index contributed by atoms with van der Waals surface area (Å²) in [6.45, 7) is 5.32.